The van der Waals surface area contributed by atoms with E-state index in [9.17, 15) is 0 Å². The number of nitrogens with zero attached hydrogens (tertiary/aromatic N) is 1. The van der Waals surface area contributed by atoms with Crippen LogP contribution in [0.15, 0.2) is 96.8 Å². The van der Waals surface area contributed by atoms with Gasteiger partial charge in [-0.3, -0.25) is 0 Å². The maximum absolute atomic E-state index is 4.16. The minimum absolute atomic E-state index is 0.00179. The molecular weight excluding hydrogens is 326 g/mol. The summed E-state index contributed by atoms with van der Waals surface area (Å²) in [5.41, 5.74) is 6.45. The molecule has 0 spiro atoms. The fraction of sp³-hybridized carbons (Fsp3) is 0.308. The lowest BCUT2D eigenvalue weighted by molar-refractivity contribution is 0.466. The number of hydrogen-bond donors (Lipinski definition) is 0. The van der Waals surface area contributed by atoms with Crippen LogP contribution >= 0.6 is 0 Å². The monoisotopic (exact) mass is 359 g/mol. The van der Waals surface area contributed by atoms with E-state index >= 15 is 0 Å². The lowest BCUT2D eigenvalue weighted by Crippen LogP contribution is -2.39. The van der Waals surface area contributed by atoms with Crippen molar-refractivity contribution in [2.24, 2.45) is 0 Å². The van der Waals surface area contributed by atoms with Crippen LogP contribution in [0.2, 0.25) is 0 Å². The fourth-order valence-corrected chi connectivity index (χ4v) is 4.18. The lowest BCUT2D eigenvalue weighted by atomic mass is 9.66. The van der Waals surface area contributed by atoms with E-state index in [2.05, 4.69) is 81.3 Å². The summed E-state index contributed by atoms with van der Waals surface area (Å²) in [5, 5.41) is 0. The van der Waals surface area contributed by atoms with Gasteiger partial charge in [0.1, 0.15) is 0 Å². The quantitative estimate of drug-likeness (QED) is 0.441. The molecule has 1 aromatic rings. The van der Waals surface area contributed by atoms with Gasteiger partial charge in [-0.2, -0.15) is 0 Å². The molecule has 2 rings (SSSR count). The molecule has 1 nitrogen and oxygen atoms in total. The van der Waals surface area contributed by atoms with Crippen molar-refractivity contribution in [3.8, 4) is 0 Å². The number of hydrogen-bond acceptors (Lipinski definition) is 1. The molecule has 142 valence electrons. The first-order valence-electron chi connectivity index (χ1n) is 9.91. The summed E-state index contributed by atoms with van der Waals surface area (Å²) in [5.74, 6) is 0. The van der Waals surface area contributed by atoms with Gasteiger partial charge in [0.15, 0.2) is 0 Å². The Morgan fingerprint density at radius 3 is 2.33 bits per heavy atom. The Kier molecular flexibility index (Phi) is 7.24. The third kappa shape index (κ3) is 3.93. The van der Waals surface area contributed by atoms with Crippen LogP contribution in [0.25, 0.3) is 0 Å². The number of para-hydroxylation sites is 1. The molecule has 0 atom stereocenters. The summed E-state index contributed by atoms with van der Waals surface area (Å²) >= 11 is 0. The van der Waals surface area contributed by atoms with Crippen LogP contribution < -0.4 is 4.90 Å². The first-order valence-corrected chi connectivity index (χ1v) is 9.91. The van der Waals surface area contributed by atoms with Crippen molar-refractivity contribution in [3.63, 3.8) is 0 Å². The number of fused-ring (bicyclic) bond motifs is 1. The van der Waals surface area contributed by atoms with Crippen LogP contribution in [0, 0.1) is 0 Å². The molecular formula is C26H33N. The van der Waals surface area contributed by atoms with Crippen LogP contribution in [0.3, 0.4) is 0 Å². The van der Waals surface area contributed by atoms with Crippen molar-refractivity contribution in [3.05, 3.63) is 102 Å². The second-order valence-corrected chi connectivity index (χ2v) is 7.02. The Bertz CT molecular complexity index is 797. The lowest BCUT2D eigenvalue weighted by Gasteiger charge is -2.45. The minimum Gasteiger partial charge on any atom is -0.337 e. The normalized spacial score (nSPS) is 16.9. The highest BCUT2D eigenvalue weighted by atomic mass is 15.2. The number of rotatable bonds is 8. The predicted molar refractivity (Wildman–Crippen MR) is 121 cm³/mol. The van der Waals surface area contributed by atoms with Crippen LogP contribution in [0.5, 0.6) is 0 Å². The maximum Gasteiger partial charge on any atom is 0.0455 e. The molecule has 0 unspecified atom stereocenters. The average Bonchev–Trinajstić information content (AvgIpc) is 2.71. The second kappa shape index (κ2) is 9.41. The number of benzene rings is 1. The molecule has 0 amide bonds. The summed E-state index contributed by atoms with van der Waals surface area (Å²) in [6, 6.07) is 8.80. The van der Waals surface area contributed by atoms with Crippen molar-refractivity contribution in [2.45, 2.75) is 46.0 Å². The highest BCUT2D eigenvalue weighted by molar-refractivity contribution is 5.71. The van der Waals surface area contributed by atoms with Crippen LogP contribution in [0.4, 0.5) is 5.69 Å². The molecule has 0 radical (unpaired) electrons. The third-order valence-corrected chi connectivity index (χ3v) is 5.60. The van der Waals surface area contributed by atoms with E-state index in [1.807, 2.05) is 31.2 Å². The van der Waals surface area contributed by atoms with Gasteiger partial charge in [0.05, 0.1) is 0 Å². The van der Waals surface area contributed by atoms with Gasteiger partial charge < -0.3 is 4.90 Å². The highest BCUT2D eigenvalue weighted by Gasteiger charge is 2.40. The SMILES string of the molecule is C=CC1=C(C=C)C(CC)(CC)c2ccccc2N1C/C(C)=C/C=C\C=C/C. The van der Waals surface area contributed by atoms with E-state index in [-0.39, 0.29) is 5.41 Å². The smallest absolute Gasteiger partial charge is 0.0455 e. The van der Waals surface area contributed by atoms with Crippen molar-refractivity contribution in [1.29, 1.82) is 0 Å². The molecule has 0 N–H and O–H groups in total. The number of allylic oxidation sites excluding steroid dienone is 8. The molecule has 0 bridgehead atoms. The summed E-state index contributed by atoms with van der Waals surface area (Å²) in [6.45, 7) is 17.9. The van der Waals surface area contributed by atoms with Gasteiger partial charge in [-0.25, -0.2) is 0 Å². The van der Waals surface area contributed by atoms with Crippen LogP contribution in [-0.2, 0) is 5.41 Å². The molecule has 1 heteroatoms. The van der Waals surface area contributed by atoms with Gasteiger partial charge in [0, 0.05) is 23.3 Å². The molecule has 0 fully saturated rings. The minimum atomic E-state index is 0.00179. The van der Waals surface area contributed by atoms with E-state index < -0.39 is 0 Å². The predicted octanol–water partition coefficient (Wildman–Crippen LogP) is 7.27. The summed E-state index contributed by atoms with van der Waals surface area (Å²) < 4.78 is 0. The van der Waals surface area contributed by atoms with Crippen molar-refractivity contribution in [1.82, 2.24) is 0 Å². The van der Waals surface area contributed by atoms with E-state index in [0.29, 0.717) is 0 Å². The largest absolute Gasteiger partial charge is 0.337 e. The van der Waals surface area contributed by atoms with E-state index in [4.69, 9.17) is 0 Å². The highest BCUT2D eigenvalue weighted by Crippen LogP contribution is 2.50. The topological polar surface area (TPSA) is 3.24 Å². The zero-order valence-corrected chi connectivity index (χ0v) is 17.3. The Balaban J connectivity index is 2.60. The van der Waals surface area contributed by atoms with E-state index in [1.54, 1.807) is 0 Å². The summed E-state index contributed by atoms with van der Waals surface area (Å²) in [4.78, 5) is 2.39. The van der Waals surface area contributed by atoms with Crippen LogP contribution in [-0.4, -0.2) is 6.54 Å². The average molecular weight is 360 g/mol. The molecule has 1 aliphatic heterocycles. The molecule has 0 saturated carbocycles. The molecule has 0 aliphatic carbocycles. The van der Waals surface area contributed by atoms with Gasteiger partial charge in [-0.15, -0.1) is 0 Å². The fourth-order valence-electron chi connectivity index (χ4n) is 4.18. The van der Waals surface area contributed by atoms with Crippen molar-refractivity contribution >= 4 is 5.69 Å². The van der Waals surface area contributed by atoms with Gasteiger partial charge in [0.25, 0.3) is 0 Å². The zero-order valence-electron chi connectivity index (χ0n) is 17.3. The molecule has 0 aromatic heterocycles. The summed E-state index contributed by atoms with van der Waals surface area (Å²) in [6.07, 6.45) is 16.5. The molecule has 1 aromatic carbocycles. The van der Waals surface area contributed by atoms with Gasteiger partial charge in [0.2, 0.25) is 0 Å². The van der Waals surface area contributed by atoms with E-state index in [1.165, 1.54) is 28.1 Å². The van der Waals surface area contributed by atoms with Crippen LogP contribution in [0.1, 0.15) is 46.1 Å². The second-order valence-electron chi connectivity index (χ2n) is 7.02. The number of anilines is 1. The molecule has 27 heavy (non-hydrogen) atoms. The first-order chi connectivity index (χ1) is 13.1. The Labute approximate surface area is 165 Å². The van der Waals surface area contributed by atoms with Gasteiger partial charge in [-0.05, 0) is 50.0 Å². The Morgan fingerprint density at radius 1 is 1.04 bits per heavy atom. The summed E-state index contributed by atoms with van der Waals surface area (Å²) in [7, 11) is 0. The molecule has 0 saturated heterocycles. The third-order valence-electron chi connectivity index (χ3n) is 5.60. The van der Waals surface area contributed by atoms with Gasteiger partial charge >= 0.3 is 0 Å². The molecule has 1 heterocycles. The Hall–Kier alpha value is -2.54. The Morgan fingerprint density at radius 2 is 1.74 bits per heavy atom. The van der Waals surface area contributed by atoms with E-state index in [0.717, 1.165) is 19.4 Å². The van der Waals surface area contributed by atoms with Crippen molar-refractivity contribution < 1.29 is 0 Å². The van der Waals surface area contributed by atoms with Gasteiger partial charge in [-0.1, -0.05) is 87.2 Å². The maximum atomic E-state index is 4.16. The first kappa shape index (κ1) is 20.8. The van der Waals surface area contributed by atoms with Crippen molar-refractivity contribution in [2.75, 3.05) is 11.4 Å². The zero-order chi connectivity index (χ0) is 19.9. The molecule has 1 aliphatic rings. The standard InChI is InChI=1S/C26H33N/c1-7-12-13-14-17-21(6)20-27-24(9-3)22(8-2)26(10-4,11-5)23-18-15-16-19-25(23)27/h7-9,12-19H,2-3,10-11,20H2,1,4-6H3/b12-7-,14-13-,21-17+.